The first-order chi connectivity index (χ1) is 12.6. The minimum atomic E-state index is -0.383. The van der Waals surface area contributed by atoms with Gasteiger partial charge in [0.25, 0.3) is 5.91 Å². The Morgan fingerprint density at radius 1 is 1.12 bits per heavy atom. The van der Waals surface area contributed by atoms with Crippen LogP contribution < -0.4 is 16.0 Å². The number of carbonyl (C=O) groups is 1. The number of rotatable bonds is 11. The lowest BCUT2D eigenvalue weighted by Gasteiger charge is -2.12. The molecule has 0 aliphatic rings. The van der Waals surface area contributed by atoms with Crippen molar-refractivity contribution in [1.29, 1.82) is 0 Å². The van der Waals surface area contributed by atoms with Crippen LogP contribution in [0.15, 0.2) is 23.2 Å². The molecular formula is C18H29FN4O3. The van der Waals surface area contributed by atoms with Gasteiger partial charge in [0.2, 0.25) is 0 Å². The van der Waals surface area contributed by atoms with Crippen LogP contribution in [0.3, 0.4) is 0 Å². The van der Waals surface area contributed by atoms with Gasteiger partial charge >= 0.3 is 0 Å². The smallest absolute Gasteiger partial charge is 0.251 e. The molecule has 0 unspecified atom stereocenters. The molecule has 0 aliphatic carbocycles. The largest absolute Gasteiger partial charge is 0.382 e. The number of methoxy groups -OCH3 is 1. The molecule has 0 heterocycles. The van der Waals surface area contributed by atoms with Gasteiger partial charge in [0.15, 0.2) is 5.96 Å². The SMILES string of the molecule is CN=C(NCCCOCCOC)NCCNC(=O)c1ccc(C)c(F)c1. The van der Waals surface area contributed by atoms with Crippen LogP contribution in [0.4, 0.5) is 4.39 Å². The summed E-state index contributed by atoms with van der Waals surface area (Å²) in [5.74, 6) is -0.0362. The van der Waals surface area contributed by atoms with E-state index in [9.17, 15) is 9.18 Å². The number of guanidine groups is 1. The molecule has 3 N–H and O–H groups in total. The summed E-state index contributed by atoms with van der Waals surface area (Å²) >= 11 is 0. The quantitative estimate of drug-likeness (QED) is 0.309. The number of benzene rings is 1. The van der Waals surface area contributed by atoms with E-state index in [1.54, 1.807) is 33.2 Å². The predicted octanol–water partition coefficient (Wildman–Crippen LogP) is 1.08. The number of nitrogens with one attached hydrogen (secondary N) is 3. The molecule has 0 saturated heterocycles. The Kier molecular flexibility index (Phi) is 11.0. The lowest BCUT2D eigenvalue weighted by Crippen LogP contribution is -2.42. The van der Waals surface area contributed by atoms with E-state index >= 15 is 0 Å². The van der Waals surface area contributed by atoms with E-state index in [0.29, 0.717) is 50.0 Å². The van der Waals surface area contributed by atoms with Crippen LogP contribution in [0.5, 0.6) is 0 Å². The van der Waals surface area contributed by atoms with Gasteiger partial charge in [-0.25, -0.2) is 4.39 Å². The second-order valence-electron chi connectivity index (χ2n) is 5.60. The zero-order valence-electron chi connectivity index (χ0n) is 15.7. The summed E-state index contributed by atoms with van der Waals surface area (Å²) < 4.78 is 23.8. The van der Waals surface area contributed by atoms with Crippen molar-refractivity contribution in [2.45, 2.75) is 13.3 Å². The van der Waals surface area contributed by atoms with E-state index in [1.165, 1.54) is 6.07 Å². The zero-order valence-corrected chi connectivity index (χ0v) is 15.7. The summed E-state index contributed by atoms with van der Waals surface area (Å²) in [5.41, 5.74) is 0.825. The average Bonchev–Trinajstić information content (AvgIpc) is 2.64. The molecule has 26 heavy (non-hydrogen) atoms. The molecule has 146 valence electrons. The third-order valence-corrected chi connectivity index (χ3v) is 3.55. The topological polar surface area (TPSA) is 84.0 Å². The van der Waals surface area contributed by atoms with Gasteiger partial charge in [0, 0.05) is 46.0 Å². The highest BCUT2D eigenvalue weighted by Gasteiger charge is 2.07. The number of aliphatic imine (C=N–C) groups is 1. The Morgan fingerprint density at radius 2 is 1.85 bits per heavy atom. The Morgan fingerprint density at radius 3 is 2.54 bits per heavy atom. The molecule has 1 aromatic rings. The van der Waals surface area contributed by atoms with Gasteiger partial charge in [-0.05, 0) is 31.0 Å². The summed E-state index contributed by atoms with van der Waals surface area (Å²) in [4.78, 5) is 16.1. The number of carbonyl (C=O) groups excluding carboxylic acids is 1. The van der Waals surface area contributed by atoms with Crippen molar-refractivity contribution in [3.8, 4) is 0 Å². The van der Waals surface area contributed by atoms with Crippen LogP contribution in [0.25, 0.3) is 0 Å². The maximum Gasteiger partial charge on any atom is 0.251 e. The summed E-state index contributed by atoms with van der Waals surface area (Å²) in [7, 11) is 3.32. The standard InChI is InChI=1S/C18H29FN4O3/c1-14-5-6-15(13-16(14)19)17(24)21-8-9-23-18(20-2)22-7-4-10-26-12-11-25-3/h5-6,13H,4,7-12H2,1-3H3,(H,21,24)(H2,20,22,23). The second kappa shape index (κ2) is 13.1. The summed E-state index contributed by atoms with van der Waals surface area (Å²) in [6, 6.07) is 4.44. The fraction of sp³-hybridized carbons (Fsp3) is 0.556. The Balaban J connectivity index is 2.16. The first-order valence-electron chi connectivity index (χ1n) is 8.64. The predicted molar refractivity (Wildman–Crippen MR) is 100 cm³/mol. The Hall–Kier alpha value is -2.19. The minimum Gasteiger partial charge on any atom is -0.382 e. The highest BCUT2D eigenvalue weighted by atomic mass is 19.1. The van der Waals surface area contributed by atoms with Crippen molar-refractivity contribution in [2.24, 2.45) is 4.99 Å². The molecule has 1 rings (SSSR count). The van der Waals surface area contributed by atoms with Gasteiger partial charge < -0.3 is 25.4 Å². The molecule has 0 aromatic heterocycles. The fourth-order valence-corrected chi connectivity index (χ4v) is 2.04. The van der Waals surface area contributed by atoms with Crippen molar-refractivity contribution in [2.75, 3.05) is 53.6 Å². The van der Waals surface area contributed by atoms with Crippen LogP contribution in [-0.2, 0) is 9.47 Å². The fourth-order valence-electron chi connectivity index (χ4n) is 2.04. The third kappa shape index (κ3) is 8.77. The van der Waals surface area contributed by atoms with Crippen LogP contribution >= 0.6 is 0 Å². The van der Waals surface area contributed by atoms with Crippen molar-refractivity contribution >= 4 is 11.9 Å². The van der Waals surface area contributed by atoms with Crippen LogP contribution in [-0.4, -0.2) is 65.5 Å². The molecule has 0 bridgehead atoms. The van der Waals surface area contributed by atoms with Crippen molar-refractivity contribution in [1.82, 2.24) is 16.0 Å². The molecule has 0 fully saturated rings. The number of nitrogens with zero attached hydrogens (tertiary/aromatic N) is 1. The van der Waals surface area contributed by atoms with E-state index in [1.807, 2.05) is 0 Å². The second-order valence-corrected chi connectivity index (χ2v) is 5.60. The molecule has 0 atom stereocenters. The molecular weight excluding hydrogens is 339 g/mol. The first kappa shape index (κ1) is 21.9. The van der Waals surface area contributed by atoms with E-state index in [-0.39, 0.29) is 11.7 Å². The Bertz CT molecular complexity index is 582. The van der Waals surface area contributed by atoms with Crippen LogP contribution in [0.1, 0.15) is 22.3 Å². The van der Waals surface area contributed by atoms with Crippen molar-refractivity contribution in [3.63, 3.8) is 0 Å². The highest BCUT2D eigenvalue weighted by molar-refractivity contribution is 5.94. The average molecular weight is 368 g/mol. The van der Waals surface area contributed by atoms with Gasteiger partial charge in [-0.15, -0.1) is 0 Å². The van der Waals surface area contributed by atoms with Gasteiger partial charge in [-0.3, -0.25) is 9.79 Å². The van der Waals surface area contributed by atoms with E-state index in [4.69, 9.17) is 9.47 Å². The van der Waals surface area contributed by atoms with Crippen LogP contribution in [0.2, 0.25) is 0 Å². The maximum atomic E-state index is 13.5. The monoisotopic (exact) mass is 368 g/mol. The Labute approximate surface area is 154 Å². The zero-order chi connectivity index (χ0) is 19.2. The molecule has 0 spiro atoms. The summed E-state index contributed by atoms with van der Waals surface area (Å²) in [6.07, 6.45) is 0.847. The number of ether oxygens (including phenoxy) is 2. The molecule has 7 nitrogen and oxygen atoms in total. The van der Waals surface area contributed by atoms with Crippen LogP contribution in [0, 0.1) is 12.7 Å². The number of hydrogen-bond donors (Lipinski definition) is 3. The lowest BCUT2D eigenvalue weighted by atomic mass is 10.1. The number of amides is 1. The van der Waals surface area contributed by atoms with Gasteiger partial charge in [-0.2, -0.15) is 0 Å². The molecule has 0 radical (unpaired) electrons. The molecule has 0 aliphatic heterocycles. The van der Waals surface area contributed by atoms with Gasteiger partial charge in [-0.1, -0.05) is 6.07 Å². The number of halogens is 1. The normalized spacial score (nSPS) is 11.3. The summed E-state index contributed by atoms with van der Waals surface area (Å²) in [6.45, 7) is 5.12. The van der Waals surface area contributed by atoms with E-state index in [0.717, 1.165) is 13.0 Å². The molecule has 0 saturated carbocycles. The summed E-state index contributed by atoms with van der Waals surface area (Å²) in [5, 5.41) is 8.99. The number of aryl methyl sites for hydroxylation is 1. The molecule has 8 heteroatoms. The maximum absolute atomic E-state index is 13.5. The van der Waals surface area contributed by atoms with E-state index < -0.39 is 0 Å². The lowest BCUT2D eigenvalue weighted by molar-refractivity contribution is 0.0698. The minimum absolute atomic E-state index is 0.304. The highest BCUT2D eigenvalue weighted by Crippen LogP contribution is 2.08. The van der Waals surface area contributed by atoms with Gasteiger partial charge in [0.05, 0.1) is 13.2 Å². The van der Waals surface area contributed by atoms with Gasteiger partial charge in [0.1, 0.15) is 5.82 Å². The van der Waals surface area contributed by atoms with Crippen molar-refractivity contribution in [3.05, 3.63) is 35.1 Å². The van der Waals surface area contributed by atoms with E-state index in [2.05, 4.69) is 20.9 Å². The molecule has 1 aromatic carbocycles. The molecule has 1 amide bonds. The first-order valence-corrected chi connectivity index (χ1v) is 8.64. The third-order valence-electron chi connectivity index (χ3n) is 3.55. The number of hydrogen-bond acceptors (Lipinski definition) is 4. The van der Waals surface area contributed by atoms with Crippen molar-refractivity contribution < 1.29 is 18.7 Å².